The summed E-state index contributed by atoms with van der Waals surface area (Å²) in [6, 6.07) is 14.3. The molecule has 2 aromatic carbocycles. The Balaban J connectivity index is 1.76. The summed E-state index contributed by atoms with van der Waals surface area (Å²) in [5.74, 6) is -0.0133. The number of anilines is 1. The number of rotatable bonds is 11. The Hall–Kier alpha value is -3.68. The normalized spacial score (nSPS) is 11.1. The van der Waals surface area contributed by atoms with Crippen LogP contribution in [-0.2, 0) is 29.1 Å². The van der Waals surface area contributed by atoms with Gasteiger partial charge in [-0.1, -0.05) is 45.0 Å². The van der Waals surface area contributed by atoms with Crippen LogP contribution >= 0.6 is 0 Å². The standard InChI is InChI=1S/C27H34N4O4/c1-4-20-12-14-21(15-13-20)29-25(33)18-31-23-10-6-5-9-22(23)26(34)30(27(31)35)16-8-7-11-24(32)28-17-19(2)3/h5-6,9-10,12-15,19H,4,7-8,11,16-18H2,1-3H3,(H,28,32)(H,29,33). The van der Waals surface area contributed by atoms with Crippen LogP contribution in [0.3, 0.4) is 0 Å². The molecule has 0 saturated heterocycles. The van der Waals surface area contributed by atoms with Crippen molar-refractivity contribution in [1.29, 1.82) is 0 Å². The van der Waals surface area contributed by atoms with Gasteiger partial charge in [0.25, 0.3) is 5.56 Å². The zero-order chi connectivity index (χ0) is 25.4. The molecule has 186 valence electrons. The van der Waals surface area contributed by atoms with Crippen molar-refractivity contribution in [3.8, 4) is 0 Å². The zero-order valence-electron chi connectivity index (χ0n) is 20.7. The van der Waals surface area contributed by atoms with Gasteiger partial charge >= 0.3 is 5.69 Å². The highest BCUT2D eigenvalue weighted by atomic mass is 16.2. The molecule has 2 N–H and O–H groups in total. The van der Waals surface area contributed by atoms with Crippen LogP contribution in [0.4, 0.5) is 5.69 Å². The minimum atomic E-state index is -0.533. The third-order valence-corrected chi connectivity index (χ3v) is 5.82. The molecule has 3 rings (SSSR count). The molecule has 1 aromatic heterocycles. The number of fused-ring (bicyclic) bond motifs is 1. The Bertz CT molecular complexity index is 1290. The highest BCUT2D eigenvalue weighted by molar-refractivity contribution is 5.91. The number of nitrogens with one attached hydrogen (secondary N) is 2. The predicted octanol–water partition coefficient (Wildman–Crippen LogP) is 3.31. The van der Waals surface area contributed by atoms with Crippen LogP contribution in [0.25, 0.3) is 10.9 Å². The van der Waals surface area contributed by atoms with Crippen LogP contribution in [0.5, 0.6) is 0 Å². The number of para-hydroxylation sites is 1. The number of benzene rings is 2. The molecule has 0 atom stereocenters. The average Bonchev–Trinajstić information content (AvgIpc) is 2.85. The van der Waals surface area contributed by atoms with E-state index in [-0.39, 0.29) is 30.5 Å². The van der Waals surface area contributed by atoms with Gasteiger partial charge in [-0.05, 0) is 55.0 Å². The summed E-state index contributed by atoms with van der Waals surface area (Å²) in [5, 5.41) is 6.07. The molecule has 2 amide bonds. The van der Waals surface area contributed by atoms with Crippen molar-refractivity contribution in [3.63, 3.8) is 0 Å². The van der Waals surface area contributed by atoms with Gasteiger partial charge in [0.1, 0.15) is 6.54 Å². The van der Waals surface area contributed by atoms with Gasteiger partial charge in [-0.3, -0.25) is 23.5 Å². The maximum Gasteiger partial charge on any atom is 0.331 e. The Labute approximate surface area is 205 Å². The van der Waals surface area contributed by atoms with E-state index in [0.29, 0.717) is 48.3 Å². The summed E-state index contributed by atoms with van der Waals surface area (Å²) in [4.78, 5) is 51.0. The lowest BCUT2D eigenvalue weighted by Crippen LogP contribution is -2.41. The maximum absolute atomic E-state index is 13.2. The molecule has 8 nitrogen and oxygen atoms in total. The van der Waals surface area contributed by atoms with Gasteiger partial charge in [0.15, 0.2) is 0 Å². The van der Waals surface area contributed by atoms with E-state index in [2.05, 4.69) is 17.6 Å². The van der Waals surface area contributed by atoms with Crippen molar-refractivity contribution in [1.82, 2.24) is 14.5 Å². The van der Waals surface area contributed by atoms with Crippen LogP contribution in [0.2, 0.25) is 0 Å². The molecule has 0 fully saturated rings. The van der Waals surface area contributed by atoms with Crippen LogP contribution in [0, 0.1) is 5.92 Å². The third-order valence-electron chi connectivity index (χ3n) is 5.82. The number of nitrogens with zero attached hydrogens (tertiary/aromatic N) is 2. The topological polar surface area (TPSA) is 102 Å². The number of unbranched alkanes of at least 4 members (excludes halogenated alkanes) is 1. The van der Waals surface area contributed by atoms with Gasteiger partial charge in [0, 0.05) is 25.2 Å². The molecule has 8 heteroatoms. The first-order valence-electron chi connectivity index (χ1n) is 12.2. The fourth-order valence-corrected chi connectivity index (χ4v) is 3.85. The molecule has 35 heavy (non-hydrogen) atoms. The number of aromatic nitrogens is 2. The fourth-order valence-electron chi connectivity index (χ4n) is 3.85. The summed E-state index contributed by atoms with van der Waals surface area (Å²) < 4.78 is 2.50. The van der Waals surface area contributed by atoms with Crippen molar-refractivity contribution in [2.75, 3.05) is 11.9 Å². The highest BCUT2D eigenvalue weighted by Crippen LogP contribution is 2.12. The lowest BCUT2D eigenvalue weighted by molar-refractivity contribution is -0.121. The van der Waals surface area contributed by atoms with E-state index in [1.54, 1.807) is 24.3 Å². The third kappa shape index (κ3) is 6.91. The minimum Gasteiger partial charge on any atom is -0.356 e. The lowest BCUT2D eigenvalue weighted by atomic mass is 10.1. The maximum atomic E-state index is 13.2. The molecule has 0 saturated carbocycles. The van der Waals surface area contributed by atoms with Crippen LogP contribution < -0.4 is 21.9 Å². The average molecular weight is 479 g/mol. The van der Waals surface area contributed by atoms with E-state index in [0.717, 1.165) is 16.6 Å². The molecule has 0 unspecified atom stereocenters. The number of amides is 2. The zero-order valence-corrected chi connectivity index (χ0v) is 20.7. The predicted molar refractivity (Wildman–Crippen MR) is 139 cm³/mol. The van der Waals surface area contributed by atoms with E-state index in [9.17, 15) is 19.2 Å². The first-order chi connectivity index (χ1) is 16.8. The second-order valence-electron chi connectivity index (χ2n) is 9.10. The molecule has 0 spiro atoms. The summed E-state index contributed by atoms with van der Waals surface area (Å²) in [7, 11) is 0. The summed E-state index contributed by atoms with van der Waals surface area (Å²) in [6.45, 7) is 6.70. The Morgan fingerprint density at radius 1 is 0.914 bits per heavy atom. The number of aryl methyl sites for hydroxylation is 1. The Morgan fingerprint density at radius 2 is 1.63 bits per heavy atom. The fraction of sp³-hybridized carbons (Fsp3) is 0.407. The van der Waals surface area contributed by atoms with Crippen molar-refractivity contribution in [2.24, 2.45) is 5.92 Å². The number of hydrogen-bond donors (Lipinski definition) is 2. The molecule has 1 heterocycles. The van der Waals surface area contributed by atoms with Crippen molar-refractivity contribution >= 4 is 28.4 Å². The Kier molecular flexibility index (Phi) is 9.00. The summed E-state index contributed by atoms with van der Waals surface area (Å²) in [6.07, 6.45) is 2.29. The molecular formula is C27H34N4O4. The first kappa shape index (κ1) is 25.9. The first-order valence-corrected chi connectivity index (χ1v) is 12.2. The molecular weight excluding hydrogens is 444 g/mol. The van der Waals surface area contributed by atoms with Gasteiger partial charge in [-0.25, -0.2) is 4.79 Å². The number of carbonyl (C=O) groups excluding carboxylic acids is 2. The van der Waals surface area contributed by atoms with Gasteiger partial charge < -0.3 is 10.6 Å². The molecule has 0 radical (unpaired) electrons. The van der Waals surface area contributed by atoms with E-state index < -0.39 is 5.69 Å². The van der Waals surface area contributed by atoms with Crippen molar-refractivity contribution in [3.05, 3.63) is 74.9 Å². The summed E-state index contributed by atoms with van der Waals surface area (Å²) in [5.41, 5.74) is 1.31. The Morgan fingerprint density at radius 3 is 2.31 bits per heavy atom. The van der Waals surface area contributed by atoms with Gasteiger partial charge in [0.05, 0.1) is 10.9 Å². The monoisotopic (exact) mass is 478 g/mol. The number of hydrogen-bond acceptors (Lipinski definition) is 4. The van der Waals surface area contributed by atoms with E-state index in [1.165, 1.54) is 4.57 Å². The molecule has 0 bridgehead atoms. The van der Waals surface area contributed by atoms with Gasteiger partial charge in [0.2, 0.25) is 11.8 Å². The largest absolute Gasteiger partial charge is 0.356 e. The quantitative estimate of drug-likeness (QED) is 0.413. The molecule has 0 aliphatic rings. The van der Waals surface area contributed by atoms with Crippen molar-refractivity contribution in [2.45, 2.75) is 59.5 Å². The van der Waals surface area contributed by atoms with Gasteiger partial charge in [-0.2, -0.15) is 0 Å². The van der Waals surface area contributed by atoms with Crippen LogP contribution in [-0.4, -0.2) is 27.5 Å². The summed E-state index contributed by atoms with van der Waals surface area (Å²) >= 11 is 0. The van der Waals surface area contributed by atoms with E-state index >= 15 is 0 Å². The van der Waals surface area contributed by atoms with E-state index in [1.807, 2.05) is 38.1 Å². The minimum absolute atomic E-state index is 0.0365. The van der Waals surface area contributed by atoms with Crippen molar-refractivity contribution < 1.29 is 9.59 Å². The van der Waals surface area contributed by atoms with E-state index in [4.69, 9.17) is 0 Å². The molecule has 3 aromatic rings. The smallest absolute Gasteiger partial charge is 0.331 e. The second-order valence-corrected chi connectivity index (χ2v) is 9.10. The molecule has 0 aliphatic heterocycles. The van der Waals surface area contributed by atoms with Crippen LogP contribution in [0.15, 0.2) is 58.1 Å². The molecule has 0 aliphatic carbocycles. The van der Waals surface area contributed by atoms with Gasteiger partial charge in [-0.15, -0.1) is 0 Å². The lowest BCUT2D eigenvalue weighted by Gasteiger charge is -2.14. The van der Waals surface area contributed by atoms with Crippen LogP contribution in [0.1, 0.15) is 45.6 Å². The number of carbonyl (C=O) groups is 2. The SMILES string of the molecule is CCc1ccc(NC(=O)Cn2c(=O)n(CCCCC(=O)NCC(C)C)c(=O)c3ccccc32)cc1. The highest BCUT2D eigenvalue weighted by Gasteiger charge is 2.15. The second kappa shape index (κ2) is 12.1.